The molecule has 0 atom stereocenters. The van der Waals surface area contributed by atoms with Crippen molar-refractivity contribution in [3.8, 4) is 22.3 Å². The number of ether oxygens (including phenoxy) is 4. The van der Waals surface area contributed by atoms with E-state index >= 15 is 0 Å². The molecule has 0 N–H and O–H groups in total. The van der Waals surface area contributed by atoms with Crippen LogP contribution in [0, 0.1) is 0 Å². The maximum absolute atomic E-state index is 6.19. The minimum atomic E-state index is -1.36. The largest absolute Gasteiger partial charge is 0.377 e. The van der Waals surface area contributed by atoms with E-state index in [1.807, 2.05) is 0 Å². The van der Waals surface area contributed by atoms with Gasteiger partial charge >= 0.3 is 0 Å². The molecule has 0 aliphatic rings. The number of hydrogen-bond acceptors (Lipinski definition) is 4. The lowest BCUT2D eigenvalue weighted by molar-refractivity contribution is 0.118. The van der Waals surface area contributed by atoms with Crippen LogP contribution in [-0.4, -0.2) is 34.5 Å². The fourth-order valence-corrected chi connectivity index (χ4v) is 11.0. The summed E-state index contributed by atoms with van der Waals surface area (Å²) < 4.78 is 24.7. The molecular formula is C70H80O4Si. The van der Waals surface area contributed by atoms with Crippen molar-refractivity contribution >= 4 is 13.3 Å². The molecule has 0 radical (unpaired) electrons. The first kappa shape index (κ1) is 55.1. The maximum Gasteiger partial charge on any atom is 0.0775 e. The van der Waals surface area contributed by atoms with Crippen LogP contribution in [-0.2, 0) is 83.9 Å². The standard InChI is InChI=1S/C70H80O4Si/c1-75(2,3)70-37-35-56(36-38-70)29-16-30-65-49-68(66-45-61(31-17-39-71-52-57-21-8-4-9-22-57)43-62(46-66)32-18-40-72-53-58-23-10-5-11-24-58)51-69(50-65)67-47-63(33-19-41-73-54-59-25-12-6-13-26-59)44-64(48-67)34-20-42-74-55-60-27-14-7-15-28-60/h4-15,21-28,35-38,43-51H,16-20,29-34,39-42,52-55H2,1-3H3. The highest BCUT2D eigenvalue weighted by Crippen LogP contribution is 2.33. The van der Waals surface area contributed by atoms with Crippen molar-refractivity contribution in [1.29, 1.82) is 0 Å². The first-order valence-electron chi connectivity index (χ1n) is 27.8. The summed E-state index contributed by atoms with van der Waals surface area (Å²) in [6.45, 7) is 12.7. The predicted molar refractivity (Wildman–Crippen MR) is 316 cm³/mol. The van der Waals surface area contributed by atoms with Gasteiger partial charge in [-0.05, 0) is 155 Å². The Hall–Kier alpha value is -6.18. The summed E-state index contributed by atoms with van der Waals surface area (Å²) >= 11 is 0. The lowest BCUT2D eigenvalue weighted by atomic mass is 9.90. The monoisotopic (exact) mass is 1010 g/mol. The Morgan fingerprint density at radius 3 is 0.827 bits per heavy atom. The molecule has 0 saturated carbocycles. The zero-order valence-electron chi connectivity index (χ0n) is 45.1. The summed E-state index contributed by atoms with van der Waals surface area (Å²) in [4.78, 5) is 0. The molecule has 0 fully saturated rings. The van der Waals surface area contributed by atoms with Crippen LogP contribution in [0.2, 0.25) is 19.6 Å². The van der Waals surface area contributed by atoms with Gasteiger partial charge in [-0.25, -0.2) is 0 Å². The van der Waals surface area contributed by atoms with Gasteiger partial charge in [0.05, 0.1) is 34.5 Å². The number of benzene rings is 8. The Morgan fingerprint density at radius 2 is 0.520 bits per heavy atom. The van der Waals surface area contributed by atoms with Crippen LogP contribution >= 0.6 is 0 Å². The Kier molecular flexibility index (Phi) is 21.9. The van der Waals surface area contributed by atoms with E-state index in [2.05, 4.69) is 220 Å². The fourth-order valence-electron chi connectivity index (χ4n) is 9.84. The van der Waals surface area contributed by atoms with Crippen LogP contribution in [0.5, 0.6) is 0 Å². The topological polar surface area (TPSA) is 36.9 Å². The Morgan fingerprint density at radius 1 is 0.253 bits per heavy atom. The van der Waals surface area contributed by atoms with Gasteiger partial charge in [0.25, 0.3) is 0 Å². The van der Waals surface area contributed by atoms with Crippen molar-refractivity contribution < 1.29 is 18.9 Å². The van der Waals surface area contributed by atoms with E-state index in [0.717, 1.165) is 97.1 Å². The second-order valence-corrected chi connectivity index (χ2v) is 26.4. The van der Waals surface area contributed by atoms with Crippen LogP contribution in [0.15, 0.2) is 200 Å². The zero-order chi connectivity index (χ0) is 51.8. The minimum Gasteiger partial charge on any atom is -0.377 e. The van der Waals surface area contributed by atoms with Gasteiger partial charge in [-0.15, -0.1) is 0 Å². The minimum absolute atomic E-state index is 0.640. The maximum atomic E-state index is 6.19. The van der Waals surface area contributed by atoms with Crippen LogP contribution < -0.4 is 5.19 Å². The van der Waals surface area contributed by atoms with E-state index in [0.29, 0.717) is 26.4 Å². The van der Waals surface area contributed by atoms with E-state index < -0.39 is 8.07 Å². The summed E-state index contributed by atoms with van der Waals surface area (Å²) in [6.07, 6.45) is 10.8. The van der Waals surface area contributed by atoms with E-state index in [1.165, 1.54) is 83.1 Å². The molecule has 0 aliphatic carbocycles. The zero-order valence-corrected chi connectivity index (χ0v) is 46.1. The van der Waals surface area contributed by atoms with Gasteiger partial charge in [-0.1, -0.05) is 219 Å². The lowest BCUT2D eigenvalue weighted by Gasteiger charge is -2.17. The fraction of sp³-hybridized carbons (Fsp3) is 0.314. The van der Waals surface area contributed by atoms with E-state index in [1.54, 1.807) is 0 Å². The molecule has 0 bridgehead atoms. The highest BCUT2D eigenvalue weighted by atomic mass is 28.3. The number of rotatable bonds is 31. The van der Waals surface area contributed by atoms with Crippen LogP contribution in [0.3, 0.4) is 0 Å². The molecular weight excluding hydrogens is 933 g/mol. The van der Waals surface area contributed by atoms with Gasteiger partial charge in [0.2, 0.25) is 0 Å². The molecule has 0 heterocycles. The third-order valence-electron chi connectivity index (χ3n) is 14.0. The molecule has 388 valence electrons. The van der Waals surface area contributed by atoms with Gasteiger partial charge in [-0.3, -0.25) is 0 Å². The summed E-state index contributed by atoms with van der Waals surface area (Å²) in [5.74, 6) is 0. The van der Waals surface area contributed by atoms with Gasteiger partial charge in [0, 0.05) is 26.4 Å². The molecule has 8 aromatic carbocycles. The average molecular weight is 1010 g/mol. The molecule has 0 saturated heterocycles. The lowest BCUT2D eigenvalue weighted by Crippen LogP contribution is -2.37. The second-order valence-electron chi connectivity index (χ2n) is 21.4. The first-order valence-corrected chi connectivity index (χ1v) is 31.3. The summed E-state index contributed by atoms with van der Waals surface area (Å²) in [5.41, 5.74) is 18.2. The van der Waals surface area contributed by atoms with Crippen LogP contribution in [0.4, 0.5) is 0 Å². The molecule has 8 aromatic rings. The van der Waals surface area contributed by atoms with Crippen LogP contribution in [0.25, 0.3) is 22.3 Å². The van der Waals surface area contributed by atoms with Crippen molar-refractivity contribution in [2.45, 2.75) is 117 Å². The predicted octanol–water partition coefficient (Wildman–Crippen LogP) is 16.3. The van der Waals surface area contributed by atoms with E-state index in [-0.39, 0.29) is 0 Å². The van der Waals surface area contributed by atoms with Gasteiger partial charge in [0.1, 0.15) is 0 Å². The van der Waals surface area contributed by atoms with Crippen molar-refractivity contribution in [3.63, 3.8) is 0 Å². The van der Waals surface area contributed by atoms with Crippen LogP contribution in [0.1, 0.15) is 87.7 Å². The molecule has 0 aromatic heterocycles. The molecule has 75 heavy (non-hydrogen) atoms. The smallest absolute Gasteiger partial charge is 0.0775 e. The average Bonchev–Trinajstić information content (AvgIpc) is 3.43. The number of aryl methyl sites for hydroxylation is 6. The third-order valence-corrected chi connectivity index (χ3v) is 16.0. The normalized spacial score (nSPS) is 11.6. The summed E-state index contributed by atoms with van der Waals surface area (Å²) in [7, 11) is -1.36. The summed E-state index contributed by atoms with van der Waals surface area (Å²) in [5, 5.41) is 1.52. The third kappa shape index (κ3) is 19.2. The molecule has 0 unspecified atom stereocenters. The Bertz CT molecular complexity index is 2580. The van der Waals surface area contributed by atoms with Crippen molar-refractivity contribution in [2.24, 2.45) is 0 Å². The number of hydrogen-bond donors (Lipinski definition) is 0. The molecule has 0 amide bonds. The van der Waals surface area contributed by atoms with Gasteiger partial charge in [0.15, 0.2) is 0 Å². The Balaban J connectivity index is 1.06. The van der Waals surface area contributed by atoms with Crippen molar-refractivity contribution in [2.75, 3.05) is 26.4 Å². The SMILES string of the molecule is C[Si](C)(C)c1ccc(CCCc2cc(-c3cc(CCCOCc4ccccc4)cc(CCCOCc4ccccc4)c3)cc(-c3cc(CCCOCc4ccccc4)cc(CCCOCc4ccccc4)c3)c2)cc1. The summed E-state index contributed by atoms with van der Waals surface area (Å²) in [6, 6.07) is 73.5. The molecule has 8 rings (SSSR count). The van der Waals surface area contributed by atoms with Gasteiger partial charge in [-0.2, -0.15) is 0 Å². The van der Waals surface area contributed by atoms with Crippen molar-refractivity contribution in [1.82, 2.24) is 0 Å². The molecule has 0 spiro atoms. The highest BCUT2D eigenvalue weighted by molar-refractivity contribution is 6.88. The quantitative estimate of drug-likeness (QED) is 0.0321. The molecule has 5 heteroatoms. The van der Waals surface area contributed by atoms with Crippen molar-refractivity contribution in [3.05, 3.63) is 256 Å². The second kappa shape index (κ2) is 29.8. The van der Waals surface area contributed by atoms with Gasteiger partial charge < -0.3 is 18.9 Å². The van der Waals surface area contributed by atoms with E-state index in [9.17, 15) is 0 Å². The Labute approximate surface area is 451 Å². The highest BCUT2D eigenvalue weighted by Gasteiger charge is 2.16. The molecule has 0 aliphatic heterocycles. The molecule has 4 nitrogen and oxygen atoms in total. The first-order chi connectivity index (χ1) is 36.8. The van der Waals surface area contributed by atoms with E-state index in [4.69, 9.17) is 18.9 Å².